The fourth-order valence-electron chi connectivity index (χ4n) is 2.75. The van der Waals surface area contributed by atoms with Crippen LogP contribution in [0.3, 0.4) is 0 Å². The molecule has 0 radical (unpaired) electrons. The predicted molar refractivity (Wildman–Crippen MR) is 65.3 cm³/mol. The fraction of sp³-hybridized carbons (Fsp3) is 0.538. The molecule has 4 nitrogen and oxygen atoms in total. The van der Waals surface area contributed by atoms with Crippen molar-refractivity contribution in [3.05, 3.63) is 28.0 Å². The summed E-state index contributed by atoms with van der Waals surface area (Å²) >= 11 is 6.06. The lowest BCUT2D eigenvalue weighted by molar-refractivity contribution is -0.0666. The van der Waals surface area contributed by atoms with Crippen LogP contribution in [0.4, 0.5) is 0 Å². The van der Waals surface area contributed by atoms with Gasteiger partial charge in [-0.1, -0.05) is 11.6 Å². The molecule has 5 heteroatoms. The molecule has 1 spiro atoms. The van der Waals surface area contributed by atoms with Crippen LogP contribution >= 0.6 is 11.6 Å². The number of halogens is 1. The molecule has 0 N–H and O–H groups in total. The van der Waals surface area contributed by atoms with Crippen LogP contribution < -0.4 is 0 Å². The molecule has 1 unspecified atom stereocenters. The molecular weight excluding hydrogens is 252 g/mol. The van der Waals surface area contributed by atoms with Gasteiger partial charge < -0.3 is 9.47 Å². The highest BCUT2D eigenvalue weighted by Crippen LogP contribution is 2.40. The maximum absolute atomic E-state index is 8.90. The van der Waals surface area contributed by atoms with E-state index in [9.17, 15) is 0 Å². The Hall–Kier alpha value is -1.15. The van der Waals surface area contributed by atoms with Crippen LogP contribution in [-0.2, 0) is 27.9 Å². The summed E-state index contributed by atoms with van der Waals surface area (Å²) in [5, 5.41) is 9.33. The number of pyridine rings is 1. The van der Waals surface area contributed by atoms with E-state index in [4.69, 9.17) is 26.3 Å². The van der Waals surface area contributed by atoms with Crippen LogP contribution in [0.2, 0.25) is 5.15 Å². The van der Waals surface area contributed by atoms with Crippen molar-refractivity contribution in [3.8, 4) is 6.07 Å². The summed E-state index contributed by atoms with van der Waals surface area (Å²) in [6.07, 6.45) is 1.96. The van der Waals surface area contributed by atoms with Crippen LogP contribution in [0, 0.1) is 11.3 Å². The Labute approximate surface area is 110 Å². The summed E-state index contributed by atoms with van der Waals surface area (Å²) in [5.41, 5.74) is 2.53. The van der Waals surface area contributed by atoms with Crippen molar-refractivity contribution in [3.63, 3.8) is 0 Å². The number of nitrogens with zero attached hydrogens (tertiary/aromatic N) is 2. The molecule has 1 aromatic heterocycles. The second-order valence-corrected chi connectivity index (χ2v) is 5.05. The van der Waals surface area contributed by atoms with E-state index in [-0.39, 0.29) is 0 Å². The van der Waals surface area contributed by atoms with Crippen LogP contribution in [0.5, 0.6) is 0 Å². The van der Waals surface area contributed by atoms with Crippen molar-refractivity contribution in [2.24, 2.45) is 0 Å². The van der Waals surface area contributed by atoms with Gasteiger partial charge in [0.15, 0.2) is 0 Å². The monoisotopic (exact) mass is 264 g/mol. The minimum atomic E-state index is -0.442. The van der Waals surface area contributed by atoms with E-state index >= 15 is 0 Å². The standard InChI is InChI=1S/C13H13ClN2O2/c14-11-7-9(1-4-15)10-2-5-18-13(12(10)16-11)3-6-17-8-13/h7H,1-3,5-6,8H2. The lowest BCUT2D eigenvalue weighted by Gasteiger charge is -2.34. The number of fused-ring (bicyclic) bond motifs is 2. The Morgan fingerprint density at radius 1 is 1.50 bits per heavy atom. The number of nitriles is 1. The Balaban J connectivity index is 2.14. The Bertz CT molecular complexity index is 518. The predicted octanol–water partition coefficient (Wildman–Crippen LogP) is 1.99. The van der Waals surface area contributed by atoms with E-state index in [0.29, 0.717) is 31.4 Å². The summed E-state index contributed by atoms with van der Waals surface area (Å²) in [5.74, 6) is 0. The van der Waals surface area contributed by atoms with Crippen LogP contribution in [0.25, 0.3) is 0 Å². The van der Waals surface area contributed by atoms with Gasteiger partial charge in [0.1, 0.15) is 10.8 Å². The van der Waals surface area contributed by atoms with Crippen LogP contribution in [-0.4, -0.2) is 24.8 Å². The number of ether oxygens (including phenoxy) is 2. The number of aromatic nitrogens is 1. The van der Waals surface area contributed by atoms with Gasteiger partial charge in [-0.2, -0.15) is 5.26 Å². The molecule has 2 aliphatic rings. The van der Waals surface area contributed by atoms with Crippen LogP contribution in [0.15, 0.2) is 6.07 Å². The molecule has 0 aliphatic carbocycles. The lowest BCUT2D eigenvalue weighted by Crippen LogP contribution is -2.37. The summed E-state index contributed by atoms with van der Waals surface area (Å²) in [6, 6.07) is 3.97. The summed E-state index contributed by atoms with van der Waals surface area (Å²) in [6.45, 7) is 1.86. The Morgan fingerprint density at radius 2 is 2.39 bits per heavy atom. The van der Waals surface area contributed by atoms with Gasteiger partial charge in [-0.15, -0.1) is 0 Å². The molecule has 18 heavy (non-hydrogen) atoms. The van der Waals surface area contributed by atoms with Gasteiger partial charge in [-0.05, 0) is 23.6 Å². The van der Waals surface area contributed by atoms with Crippen molar-refractivity contribution in [2.75, 3.05) is 19.8 Å². The molecule has 0 aromatic carbocycles. The Kier molecular flexibility index (Phi) is 2.98. The minimum Gasteiger partial charge on any atom is -0.378 e. The van der Waals surface area contributed by atoms with Gasteiger partial charge in [-0.25, -0.2) is 4.98 Å². The normalized spacial score (nSPS) is 26.0. The summed E-state index contributed by atoms with van der Waals surface area (Å²) in [7, 11) is 0. The molecule has 3 rings (SSSR count). The first kappa shape index (κ1) is 11.9. The van der Waals surface area contributed by atoms with E-state index < -0.39 is 5.60 Å². The van der Waals surface area contributed by atoms with Gasteiger partial charge in [0.25, 0.3) is 0 Å². The zero-order valence-electron chi connectivity index (χ0n) is 9.91. The third kappa shape index (κ3) is 1.79. The van der Waals surface area contributed by atoms with Crippen molar-refractivity contribution >= 4 is 11.6 Å². The molecule has 0 saturated carbocycles. The average molecular weight is 265 g/mol. The Morgan fingerprint density at radius 3 is 3.11 bits per heavy atom. The molecule has 1 saturated heterocycles. The van der Waals surface area contributed by atoms with E-state index in [0.717, 1.165) is 29.7 Å². The summed E-state index contributed by atoms with van der Waals surface area (Å²) in [4.78, 5) is 4.44. The zero-order chi connectivity index (χ0) is 12.6. The smallest absolute Gasteiger partial charge is 0.136 e. The minimum absolute atomic E-state index is 0.363. The van der Waals surface area contributed by atoms with Crippen molar-refractivity contribution in [1.82, 2.24) is 4.98 Å². The molecule has 1 fully saturated rings. The van der Waals surface area contributed by atoms with Crippen molar-refractivity contribution in [1.29, 1.82) is 5.26 Å². The fourth-order valence-corrected chi connectivity index (χ4v) is 2.97. The molecule has 2 aliphatic heterocycles. The van der Waals surface area contributed by atoms with Gasteiger partial charge in [0.05, 0.1) is 31.4 Å². The van der Waals surface area contributed by atoms with E-state index in [1.54, 1.807) is 6.07 Å². The van der Waals surface area contributed by atoms with Crippen molar-refractivity contribution in [2.45, 2.75) is 24.9 Å². The molecule has 0 bridgehead atoms. The van der Waals surface area contributed by atoms with Crippen molar-refractivity contribution < 1.29 is 9.47 Å². The first-order chi connectivity index (χ1) is 8.75. The SMILES string of the molecule is N#CCc1cc(Cl)nc2c1CCOC21CCOC1. The van der Waals surface area contributed by atoms with Gasteiger partial charge in [0, 0.05) is 13.0 Å². The molecule has 94 valence electrons. The summed E-state index contributed by atoms with van der Waals surface area (Å²) < 4.78 is 11.4. The average Bonchev–Trinajstić information content (AvgIpc) is 2.81. The first-order valence-corrected chi connectivity index (χ1v) is 6.40. The van der Waals surface area contributed by atoms with Gasteiger partial charge in [0.2, 0.25) is 0 Å². The maximum Gasteiger partial charge on any atom is 0.136 e. The highest BCUT2D eigenvalue weighted by molar-refractivity contribution is 6.29. The topological polar surface area (TPSA) is 55.1 Å². The highest BCUT2D eigenvalue weighted by atomic mass is 35.5. The van der Waals surface area contributed by atoms with E-state index in [2.05, 4.69) is 11.1 Å². The second-order valence-electron chi connectivity index (χ2n) is 4.66. The lowest BCUT2D eigenvalue weighted by atomic mass is 9.87. The van der Waals surface area contributed by atoms with E-state index in [1.165, 1.54) is 0 Å². The third-order valence-corrected chi connectivity index (χ3v) is 3.80. The second kappa shape index (κ2) is 4.51. The first-order valence-electron chi connectivity index (χ1n) is 6.03. The third-order valence-electron chi connectivity index (χ3n) is 3.60. The van der Waals surface area contributed by atoms with E-state index in [1.807, 2.05) is 0 Å². The number of rotatable bonds is 1. The zero-order valence-corrected chi connectivity index (χ0v) is 10.7. The largest absolute Gasteiger partial charge is 0.378 e. The maximum atomic E-state index is 8.90. The quantitative estimate of drug-likeness (QED) is 0.728. The molecule has 3 heterocycles. The van der Waals surface area contributed by atoms with Gasteiger partial charge >= 0.3 is 0 Å². The molecule has 1 aromatic rings. The van der Waals surface area contributed by atoms with Crippen LogP contribution in [0.1, 0.15) is 23.2 Å². The highest BCUT2D eigenvalue weighted by Gasteiger charge is 2.43. The number of hydrogen-bond donors (Lipinski definition) is 0. The molecule has 0 amide bonds. The molecule has 1 atom stereocenters. The van der Waals surface area contributed by atoms with Gasteiger partial charge in [-0.3, -0.25) is 0 Å². The molecular formula is C13H13ClN2O2. The number of hydrogen-bond acceptors (Lipinski definition) is 4.